The van der Waals surface area contributed by atoms with E-state index in [1.54, 1.807) is 42.5 Å². The molecule has 6 nitrogen and oxygen atoms in total. The zero-order valence-electron chi connectivity index (χ0n) is 14.1. The predicted molar refractivity (Wildman–Crippen MR) is 108 cm³/mol. The van der Waals surface area contributed by atoms with Crippen molar-refractivity contribution in [2.75, 3.05) is 24.2 Å². The van der Waals surface area contributed by atoms with E-state index in [1.165, 1.54) is 11.0 Å². The van der Waals surface area contributed by atoms with Crippen molar-refractivity contribution in [2.24, 2.45) is 0 Å². The molecule has 1 aliphatic rings. The first-order valence-electron chi connectivity index (χ1n) is 8.10. The Labute approximate surface area is 170 Å². The molecule has 0 aliphatic carbocycles. The van der Waals surface area contributed by atoms with Gasteiger partial charge in [-0.05, 0) is 46.3 Å². The molecule has 0 spiro atoms. The molecule has 0 saturated carbocycles. The number of anilines is 1. The van der Waals surface area contributed by atoms with Crippen LogP contribution < -0.4 is 5.32 Å². The SMILES string of the molecule is O=C(Nc1ccccc1)C1CN(C(=O)c2ccc(Br)c(Cl)c2)CCS1(=O)=O. The minimum absolute atomic E-state index is 0.0317. The number of para-hydroxylation sites is 1. The summed E-state index contributed by atoms with van der Waals surface area (Å²) in [6.07, 6.45) is 0. The fraction of sp³-hybridized carbons (Fsp3) is 0.222. The number of hydrogen-bond donors (Lipinski definition) is 1. The van der Waals surface area contributed by atoms with Gasteiger partial charge < -0.3 is 10.2 Å². The number of halogens is 2. The number of hydrogen-bond acceptors (Lipinski definition) is 4. The second-order valence-corrected chi connectivity index (χ2v) is 9.66. The first kappa shape index (κ1) is 19.9. The molecule has 1 unspecified atom stereocenters. The molecule has 1 N–H and O–H groups in total. The van der Waals surface area contributed by atoms with Gasteiger partial charge in [-0.15, -0.1) is 0 Å². The molecular formula is C18H16BrClN2O4S. The average Bonchev–Trinajstić information content (AvgIpc) is 2.64. The highest BCUT2D eigenvalue weighted by Crippen LogP contribution is 2.25. The van der Waals surface area contributed by atoms with Crippen LogP contribution in [0.3, 0.4) is 0 Å². The van der Waals surface area contributed by atoms with Crippen LogP contribution in [0.1, 0.15) is 10.4 Å². The molecule has 1 fully saturated rings. The third-order valence-electron chi connectivity index (χ3n) is 4.25. The van der Waals surface area contributed by atoms with Gasteiger partial charge in [0.25, 0.3) is 5.91 Å². The van der Waals surface area contributed by atoms with Crippen LogP contribution in [0.15, 0.2) is 53.0 Å². The van der Waals surface area contributed by atoms with Gasteiger partial charge in [-0.3, -0.25) is 9.59 Å². The van der Waals surface area contributed by atoms with Crippen molar-refractivity contribution < 1.29 is 18.0 Å². The summed E-state index contributed by atoms with van der Waals surface area (Å²) in [4.78, 5) is 26.6. The Balaban J connectivity index is 1.79. The highest BCUT2D eigenvalue weighted by Gasteiger charge is 2.40. The minimum atomic E-state index is -3.65. The Kier molecular flexibility index (Phi) is 5.88. The summed E-state index contributed by atoms with van der Waals surface area (Å²) in [5.74, 6) is -1.28. The molecule has 3 rings (SSSR count). The fourth-order valence-electron chi connectivity index (χ4n) is 2.77. The monoisotopic (exact) mass is 470 g/mol. The average molecular weight is 472 g/mol. The summed E-state index contributed by atoms with van der Waals surface area (Å²) in [5.41, 5.74) is 0.838. The fourth-order valence-corrected chi connectivity index (χ4v) is 4.75. The molecule has 2 amide bonds. The topological polar surface area (TPSA) is 83.6 Å². The van der Waals surface area contributed by atoms with E-state index in [9.17, 15) is 18.0 Å². The lowest BCUT2D eigenvalue weighted by Gasteiger charge is -2.32. The van der Waals surface area contributed by atoms with Gasteiger partial charge in [-0.2, -0.15) is 0 Å². The third-order valence-corrected chi connectivity index (χ3v) is 7.47. The van der Waals surface area contributed by atoms with Crippen LogP contribution in [0.5, 0.6) is 0 Å². The van der Waals surface area contributed by atoms with Crippen molar-refractivity contribution in [3.05, 3.63) is 63.6 Å². The Morgan fingerprint density at radius 3 is 2.52 bits per heavy atom. The van der Waals surface area contributed by atoms with E-state index in [1.807, 2.05) is 0 Å². The van der Waals surface area contributed by atoms with Gasteiger partial charge in [0.1, 0.15) is 0 Å². The van der Waals surface area contributed by atoms with Gasteiger partial charge in [0.2, 0.25) is 5.91 Å². The lowest BCUT2D eigenvalue weighted by molar-refractivity contribution is -0.116. The van der Waals surface area contributed by atoms with Crippen LogP contribution in [-0.2, 0) is 14.6 Å². The molecule has 2 aromatic rings. The molecule has 1 saturated heterocycles. The van der Waals surface area contributed by atoms with Gasteiger partial charge in [0.05, 0.1) is 10.8 Å². The lowest BCUT2D eigenvalue weighted by Crippen LogP contribution is -2.53. The Morgan fingerprint density at radius 1 is 1.15 bits per heavy atom. The number of amides is 2. The molecule has 9 heteroatoms. The summed E-state index contributed by atoms with van der Waals surface area (Å²) in [6, 6.07) is 13.3. The van der Waals surface area contributed by atoms with Crippen LogP contribution in [0, 0.1) is 0 Å². The Hall–Kier alpha value is -1.90. The van der Waals surface area contributed by atoms with Crippen molar-refractivity contribution in [1.29, 1.82) is 0 Å². The van der Waals surface area contributed by atoms with Crippen molar-refractivity contribution in [3.8, 4) is 0 Å². The number of benzene rings is 2. The molecular weight excluding hydrogens is 456 g/mol. The van der Waals surface area contributed by atoms with Crippen LogP contribution >= 0.6 is 27.5 Å². The third kappa shape index (κ3) is 4.51. The second kappa shape index (κ2) is 8.00. The number of carbonyl (C=O) groups is 2. The first-order chi connectivity index (χ1) is 12.8. The summed E-state index contributed by atoms with van der Waals surface area (Å²) < 4.78 is 25.4. The molecule has 1 aliphatic heterocycles. The molecule has 0 aromatic heterocycles. The zero-order chi connectivity index (χ0) is 19.6. The maximum atomic E-state index is 12.7. The van der Waals surface area contributed by atoms with Crippen molar-refractivity contribution in [3.63, 3.8) is 0 Å². The van der Waals surface area contributed by atoms with E-state index in [4.69, 9.17) is 11.6 Å². The van der Waals surface area contributed by atoms with Gasteiger partial charge in [0, 0.05) is 28.8 Å². The predicted octanol–water partition coefficient (Wildman–Crippen LogP) is 2.98. The highest BCUT2D eigenvalue weighted by molar-refractivity contribution is 9.10. The number of carbonyl (C=O) groups excluding carboxylic acids is 2. The van der Waals surface area contributed by atoms with Crippen LogP contribution in [-0.4, -0.2) is 49.2 Å². The number of nitrogens with zero attached hydrogens (tertiary/aromatic N) is 1. The summed E-state index contributed by atoms with van der Waals surface area (Å²) in [7, 11) is -3.65. The van der Waals surface area contributed by atoms with Crippen LogP contribution in [0.4, 0.5) is 5.69 Å². The molecule has 2 aromatic carbocycles. The summed E-state index contributed by atoms with van der Waals surface area (Å²) >= 11 is 9.29. The molecule has 0 bridgehead atoms. The molecule has 1 heterocycles. The van der Waals surface area contributed by atoms with Gasteiger partial charge in [-0.25, -0.2) is 8.42 Å². The van der Waals surface area contributed by atoms with Crippen molar-refractivity contribution in [2.45, 2.75) is 5.25 Å². The highest BCUT2D eigenvalue weighted by atomic mass is 79.9. The number of nitrogens with one attached hydrogen (secondary N) is 1. The largest absolute Gasteiger partial charge is 0.336 e. The van der Waals surface area contributed by atoms with E-state index < -0.39 is 21.0 Å². The van der Waals surface area contributed by atoms with E-state index in [-0.39, 0.29) is 24.7 Å². The molecule has 27 heavy (non-hydrogen) atoms. The Bertz CT molecular complexity index is 982. The molecule has 0 radical (unpaired) electrons. The van der Waals surface area contributed by atoms with Gasteiger partial charge >= 0.3 is 0 Å². The molecule has 142 valence electrons. The van der Waals surface area contributed by atoms with Gasteiger partial charge in [0.15, 0.2) is 15.1 Å². The van der Waals surface area contributed by atoms with Crippen LogP contribution in [0.2, 0.25) is 5.02 Å². The first-order valence-corrected chi connectivity index (χ1v) is 11.0. The van der Waals surface area contributed by atoms with Crippen LogP contribution in [0.25, 0.3) is 0 Å². The minimum Gasteiger partial charge on any atom is -0.336 e. The second-order valence-electron chi connectivity index (χ2n) is 6.09. The molecule has 1 atom stereocenters. The lowest BCUT2D eigenvalue weighted by atomic mass is 10.2. The van der Waals surface area contributed by atoms with E-state index in [0.717, 1.165) is 0 Å². The normalized spacial score (nSPS) is 18.7. The zero-order valence-corrected chi connectivity index (χ0v) is 17.2. The van der Waals surface area contributed by atoms with Crippen molar-refractivity contribution >= 4 is 54.9 Å². The quantitative estimate of drug-likeness (QED) is 0.746. The van der Waals surface area contributed by atoms with E-state index >= 15 is 0 Å². The summed E-state index contributed by atoms with van der Waals surface area (Å²) in [6.45, 7) is -0.169. The Morgan fingerprint density at radius 2 is 1.85 bits per heavy atom. The van der Waals surface area contributed by atoms with E-state index in [0.29, 0.717) is 20.7 Å². The van der Waals surface area contributed by atoms with Crippen molar-refractivity contribution in [1.82, 2.24) is 4.90 Å². The maximum absolute atomic E-state index is 12.7. The number of sulfone groups is 1. The maximum Gasteiger partial charge on any atom is 0.253 e. The standard InChI is InChI=1S/C18H16BrClN2O4S/c19-14-7-6-12(10-15(14)20)18(24)22-8-9-27(25,26)16(11-22)17(23)21-13-4-2-1-3-5-13/h1-7,10,16H,8-9,11H2,(H,21,23). The summed E-state index contributed by atoms with van der Waals surface area (Å²) in [5, 5.41) is 1.66. The van der Waals surface area contributed by atoms with E-state index in [2.05, 4.69) is 21.2 Å². The smallest absolute Gasteiger partial charge is 0.253 e. The van der Waals surface area contributed by atoms with Gasteiger partial charge in [-0.1, -0.05) is 29.8 Å². The number of rotatable bonds is 3.